The van der Waals surface area contributed by atoms with E-state index in [1.807, 2.05) is 19.2 Å². The van der Waals surface area contributed by atoms with Crippen LogP contribution in [0.2, 0.25) is 5.02 Å². The summed E-state index contributed by atoms with van der Waals surface area (Å²) in [4.78, 5) is 0. The molecule has 21 heavy (non-hydrogen) atoms. The molecule has 0 bridgehead atoms. The summed E-state index contributed by atoms with van der Waals surface area (Å²) in [5.74, 6) is 1.81. The molecule has 0 saturated heterocycles. The Labute approximate surface area is 133 Å². The minimum atomic E-state index is -0.222. The van der Waals surface area contributed by atoms with Crippen LogP contribution in [0.5, 0.6) is 0 Å². The topological polar surface area (TPSA) is 12.0 Å². The normalized spacial score (nSPS) is 26.0. The molecule has 1 aromatic rings. The van der Waals surface area contributed by atoms with E-state index >= 15 is 0 Å². The second-order valence-electron chi connectivity index (χ2n) is 6.46. The van der Waals surface area contributed by atoms with Gasteiger partial charge in [-0.3, -0.25) is 0 Å². The number of nitrogens with one attached hydrogen (secondary N) is 1. The van der Waals surface area contributed by atoms with Crippen molar-refractivity contribution in [2.24, 2.45) is 17.8 Å². The van der Waals surface area contributed by atoms with Crippen molar-refractivity contribution < 1.29 is 4.39 Å². The number of halogens is 2. The molecule has 2 rings (SSSR count). The van der Waals surface area contributed by atoms with Crippen molar-refractivity contribution in [1.82, 2.24) is 5.32 Å². The lowest BCUT2D eigenvalue weighted by Crippen LogP contribution is -2.33. The summed E-state index contributed by atoms with van der Waals surface area (Å²) in [6, 6.07) is 5.38. The molecular formula is C18H27ClFN. The highest BCUT2D eigenvalue weighted by atomic mass is 35.5. The zero-order valence-electron chi connectivity index (χ0n) is 13.2. The van der Waals surface area contributed by atoms with Crippen molar-refractivity contribution >= 4 is 11.6 Å². The van der Waals surface area contributed by atoms with E-state index in [9.17, 15) is 4.39 Å². The lowest BCUT2D eigenvalue weighted by Gasteiger charge is -2.36. The number of hydrogen-bond acceptors (Lipinski definition) is 1. The number of rotatable bonds is 6. The summed E-state index contributed by atoms with van der Waals surface area (Å²) < 4.78 is 14.2. The molecule has 0 aliphatic heterocycles. The van der Waals surface area contributed by atoms with E-state index < -0.39 is 0 Å². The molecule has 3 atom stereocenters. The molecule has 1 aliphatic carbocycles. The van der Waals surface area contributed by atoms with Crippen molar-refractivity contribution in [3.05, 3.63) is 34.6 Å². The Morgan fingerprint density at radius 1 is 1.29 bits per heavy atom. The van der Waals surface area contributed by atoms with Gasteiger partial charge in [-0.05, 0) is 62.2 Å². The molecule has 3 unspecified atom stereocenters. The molecule has 3 heteroatoms. The van der Waals surface area contributed by atoms with Gasteiger partial charge in [0, 0.05) is 0 Å². The molecule has 1 aromatic carbocycles. The highest BCUT2D eigenvalue weighted by Crippen LogP contribution is 2.38. The van der Waals surface area contributed by atoms with E-state index in [0.717, 1.165) is 24.4 Å². The molecule has 0 heterocycles. The van der Waals surface area contributed by atoms with Crippen LogP contribution in [0.25, 0.3) is 0 Å². The van der Waals surface area contributed by atoms with Gasteiger partial charge in [0.2, 0.25) is 0 Å². The summed E-state index contributed by atoms with van der Waals surface area (Å²) in [6.45, 7) is 3.29. The third-order valence-corrected chi connectivity index (χ3v) is 5.22. The van der Waals surface area contributed by atoms with E-state index in [1.54, 1.807) is 6.07 Å². The van der Waals surface area contributed by atoms with Crippen LogP contribution in [0, 0.1) is 23.6 Å². The van der Waals surface area contributed by atoms with E-state index in [0.29, 0.717) is 11.8 Å². The first-order valence-electron chi connectivity index (χ1n) is 8.23. The van der Waals surface area contributed by atoms with E-state index in [4.69, 9.17) is 11.6 Å². The largest absolute Gasteiger partial charge is 0.319 e. The molecule has 0 radical (unpaired) electrons. The van der Waals surface area contributed by atoms with Gasteiger partial charge in [-0.2, -0.15) is 0 Å². The first kappa shape index (κ1) is 16.8. The summed E-state index contributed by atoms with van der Waals surface area (Å²) in [6.07, 6.45) is 7.19. The van der Waals surface area contributed by atoms with Crippen LogP contribution in [0.1, 0.15) is 44.6 Å². The molecule has 1 saturated carbocycles. The minimum Gasteiger partial charge on any atom is -0.319 e. The van der Waals surface area contributed by atoms with Gasteiger partial charge in [-0.1, -0.05) is 49.9 Å². The van der Waals surface area contributed by atoms with Gasteiger partial charge in [0.15, 0.2) is 0 Å². The average molecular weight is 312 g/mol. The fraction of sp³-hybridized carbons (Fsp3) is 0.667. The van der Waals surface area contributed by atoms with Gasteiger partial charge in [-0.25, -0.2) is 4.39 Å². The quantitative estimate of drug-likeness (QED) is 0.773. The summed E-state index contributed by atoms with van der Waals surface area (Å²) in [5, 5.41) is 3.55. The molecule has 118 valence electrons. The van der Waals surface area contributed by atoms with Crippen molar-refractivity contribution in [3.8, 4) is 0 Å². The van der Waals surface area contributed by atoms with Gasteiger partial charge < -0.3 is 5.32 Å². The highest BCUT2D eigenvalue weighted by molar-refractivity contribution is 6.30. The molecule has 0 amide bonds. The lowest BCUT2D eigenvalue weighted by atomic mass is 9.70. The van der Waals surface area contributed by atoms with Crippen molar-refractivity contribution in [1.29, 1.82) is 0 Å². The third-order valence-electron chi connectivity index (χ3n) is 4.93. The maximum atomic E-state index is 14.2. The summed E-state index contributed by atoms with van der Waals surface area (Å²) >= 11 is 5.92. The van der Waals surface area contributed by atoms with Crippen LogP contribution in [0.4, 0.5) is 4.39 Å². The molecule has 0 aromatic heterocycles. The average Bonchev–Trinajstić information content (AvgIpc) is 2.47. The molecule has 0 spiro atoms. The molecule has 1 fully saturated rings. The Morgan fingerprint density at radius 3 is 2.81 bits per heavy atom. The second-order valence-corrected chi connectivity index (χ2v) is 6.87. The van der Waals surface area contributed by atoms with Crippen LogP contribution in [0.3, 0.4) is 0 Å². The second kappa shape index (κ2) is 8.14. The maximum Gasteiger partial charge on any atom is 0.144 e. The molecule has 1 N–H and O–H groups in total. The third kappa shape index (κ3) is 4.43. The van der Waals surface area contributed by atoms with Gasteiger partial charge in [-0.15, -0.1) is 0 Å². The van der Waals surface area contributed by atoms with Crippen molar-refractivity contribution in [2.75, 3.05) is 13.6 Å². The minimum absolute atomic E-state index is 0.222. The molecular weight excluding hydrogens is 285 g/mol. The lowest BCUT2D eigenvalue weighted by molar-refractivity contribution is 0.168. The number of hydrogen-bond donors (Lipinski definition) is 1. The molecule has 1 aliphatic rings. The van der Waals surface area contributed by atoms with Gasteiger partial charge in [0.1, 0.15) is 5.82 Å². The molecule has 1 nitrogen and oxygen atoms in total. The van der Waals surface area contributed by atoms with Crippen LogP contribution in [0.15, 0.2) is 18.2 Å². The first-order chi connectivity index (χ1) is 10.2. The van der Waals surface area contributed by atoms with Crippen LogP contribution >= 0.6 is 11.6 Å². The summed E-state index contributed by atoms with van der Waals surface area (Å²) in [5.41, 5.74) is 0.783. The van der Waals surface area contributed by atoms with E-state index in [-0.39, 0.29) is 10.8 Å². The Morgan fingerprint density at radius 2 is 2.10 bits per heavy atom. The Balaban J connectivity index is 2.09. The zero-order chi connectivity index (χ0) is 15.2. The SMILES string of the molecule is CCCC1CCC(CNC)C(Cc2cccc(Cl)c2F)C1. The fourth-order valence-electron chi connectivity index (χ4n) is 3.86. The van der Waals surface area contributed by atoms with Gasteiger partial charge in [0.25, 0.3) is 0 Å². The van der Waals surface area contributed by atoms with Gasteiger partial charge in [0.05, 0.1) is 5.02 Å². The summed E-state index contributed by atoms with van der Waals surface area (Å²) in [7, 11) is 2.01. The highest BCUT2D eigenvalue weighted by Gasteiger charge is 2.30. The number of benzene rings is 1. The maximum absolute atomic E-state index is 14.2. The zero-order valence-corrected chi connectivity index (χ0v) is 13.9. The Bertz CT molecular complexity index is 449. The van der Waals surface area contributed by atoms with Crippen LogP contribution in [-0.2, 0) is 6.42 Å². The fourth-order valence-corrected chi connectivity index (χ4v) is 4.06. The van der Waals surface area contributed by atoms with Gasteiger partial charge >= 0.3 is 0 Å². The van der Waals surface area contributed by atoms with Crippen molar-refractivity contribution in [2.45, 2.75) is 45.4 Å². The van der Waals surface area contributed by atoms with E-state index in [2.05, 4.69) is 12.2 Å². The van der Waals surface area contributed by atoms with E-state index in [1.165, 1.54) is 32.1 Å². The van der Waals surface area contributed by atoms with Crippen molar-refractivity contribution in [3.63, 3.8) is 0 Å². The van der Waals surface area contributed by atoms with Crippen LogP contribution in [-0.4, -0.2) is 13.6 Å². The smallest absolute Gasteiger partial charge is 0.144 e. The Kier molecular flexibility index (Phi) is 6.50. The predicted molar refractivity (Wildman–Crippen MR) is 88.3 cm³/mol. The van der Waals surface area contributed by atoms with Crippen LogP contribution < -0.4 is 5.32 Å². The standard InChI is InChI=1S/C18H27ClFN/c1-3-5-13-8-9-15(12-21-2)16(10-13)11-14-6-4-7-17(19)18(14)20/h4,6-7,13,15-16,21H,3,5,8-12H2,1-2H3. The first-order valence-corrected chi connectivity index (χ1v) is 8.61. The monoisotopic (exact) mass is 311 g/mol. The Hall–Kier alpha value is -0.600. The predicted octanol–water partition coefficient (Wildman–Crippen LogP) is 5.07.